The highest BCUT2D eigenvalue weighted by molar-refractivity contribution is 5.94. The van der Waals surface area contributed by atoms with Gasteiger partial charge in [-0.25, -0.2) is 9.78 Å². The van der Waals surface area contributed by atoms with Gasteiger partial charge >= 0.3 is 5.97 Å². The number of H-pyrrole nitrogens is 1. The number of nitrogens with one attached hydrogen (secondary N) is 1. The third-order valence-electron chi connectivity index (χ3n) is 3.49. The minimum atomic E-state index is -1.40. The van der Waals surface area contributed by atoms with Gasteiger partial charge < -0.3 is 19.7 Å². The summed E-state index contributed by atoms with van der Waals surface area (Å²) in [6, 6.07) is 0. The van der Waals surface area contributed by atoms with Crippen LogP contribution in [0, 0.1) is 5.82 Å². The maximum absolute atomic E-state index is 14.5. The van der Waals surface area contributed by atoms with E-state index in [1.807, 2.05) is 0 Å². The second-order valence-electron chi connectivity index (χ2n) is 4.68. The van der Waals surface area contributed by atoms with E-state index in [0.29, 0.717) is 13.1 Å². The molecule has 2 N–H and O–H groups in total. The van der Waals surface area contributed by atoms with Gasteiger partial charge in [-0.2, -0.15) is 4.39 Å². The van der Waals surface area contributed by atoms with Gasteiger partial charge in [-0.15, -0.1) is 0 Å². The zero-order valence-corrected chi connectivity index (χ0v) is 11.1. The Morgan fingerprint density at radius 3 is 2.76 bits per heavy atom. The Balaban J connectivity index is 2.35. The maximum Gasteiger partial charge on any atom is 0.341 e. The molecule has 2 aromatic rings. The zero-order valence-electron chi connectivity index (χ0n) is 11.1. The lowest BCUT2D eigenvalue weighted by atomic mass is 10.1. The third kappa shape index (κ3) is 1.91. The first kappa shape index (κ1) is 13.3. The highest BCUT2D eigenvalue weighted by Crippen LogP contribution is 2.32. The highest BCUT2D eigenvalue weighted by Gasteiger charge is 2.26. The Morgan fingerprint density at radius 1 is 1.52 bits per heavy atom. The van der Waals surface area contributed by atoms with Crippen molar-refractivity contribution in [3.8, 4) is 5.75 Å². The fourth-order valence-electron chi connectivity index (χ4n) is 2.27. The Bertz CT molecular complexity index is 798. The SMILES string of the molecule is COc1c(F)c(N2CCC2)nc2[nH]cc(C(=O)O)c(=O)c12. The van der Waals surface area contributed by atoms with E-state index in [-0.39, 0.29) is 22.6 Å². The predicted octanol–water partition coefficient (Wildman–Crippen LogP) is 0.979. The number of methoxy groups -OCH3 is 1. The van der Waals surface area contributed by atoms with E-state index in [0.717, 1.165) is 12.6 Å². The van der Waals surface area contributed by atoms with Gasteiger partial charge in [0.15, 0.2) is 11.6 Å². The molecular weight excluding hydrogens is 281 g/mol. The maximum atomic E-state index is 14.5. The number of pyridine rings is 2. The summed E-state index contributed by atoms with van der Waals surface area (Å²) < 4.78 is 19.4. The number of carboxylic acid groups (broad SMARTS) is 1. The van der Waals surface area contributed by atoms with Gasteiger partial charge in [-0.05, 0) is 6.42 Å². The molecule has 0 aliphatic carbocycles. The summed E-state index contributed by atoms with van der Waals surface area (Å²) in [6.45, 7) is 1.35. The summed E-state index contributed by atoms with van der Waals surface area (Å²) in [5.41, 5.74) is -1.21. The van der Waals surface area contributed by atoms with Crippen molar-refractivity contribution in [2.75, 3.05) is 25.1 Å². The van der Waals surface area contributed by atoms with Gasteiger partial charge in [0.05, 0.1) is 7.11 Å². The first-order valence-electron chi connectivity index (χ1n) is 6.31. The van der Waals surface area contributed by atoms with Crippen LogP contribution in [0.1, 0.15) is 16.8 Å². The van der Waals surface area contributed by atoms with Crippen LogP contribution in [0.5, 0.6) is 5.75 Å². The second kappa shape index (κ2) is 4.72. The molecular formula is C13H12FN3O4. The Labute approximate surface area is 118 Å². The van der Waals surface area contributed by atoms with Gasteiger partial charge in [0, 0.05) is 19.3 Å². The number of anilines is 1. The van der Waals surface area contributed by atoms with Crippen LogP contribution in [0.25, 0.3) is 11.0 Å². The molecule has 0 unspecified atom stereocenters. The van der Waals surface area contributed by atoms with Gasteiger partial charge in [-0.1, -0.05) is 0 Å². The summed E-state index contributed by atoms with van der Waals surface area (Å²) in [4.78, 5) is 31.6. The molecule has 1 aliphatic rings. The van der Waals surface area contributed by atoms with Gasteiger partial charge in [-0.3, -0.25) is 4.79 Å². The second-order valence-corrected chi connectivity index (χ2v) is 4.68. The van der Waals surface area contributed by atoms with Crippen LogP contribution in [0.4, 0.5) is 10.2 Å². The van der Waals surface area contributed by atoms with Crippen molar-refractivity contribution in [1.29, 1.82) is 0 Å². The zero-order chi connectivity index (χ0) is 15.1. The predicted molar refractivity (Wildman–Crippen MR) is 72.7 cm³/mol. The van der Waals surface area contributed by atoms with Crippen LogP contribution in [0.3, 0.4) is 0 Å². The lowest BCUT2D eigenvalue weighted by Gasteiger charge is -2.32. The van der Waals surface area contributed by atoms with Gasteiger partial charge in [0.1, 0.15) is 16.6 Å². The normalized spacial score (nSPS) is 14.1. The lowest BCUT2D eigenvalue weighted by molar-refractivity contribution is 0.0695. The number of halogens is 1. The quantitative estimate of drug-likeness (QED) is 0.875. The minimum absolute atomic E-state index is 0.101. The van der Waals surface area contributed by atoms with E-state index in [4.69, 9.17) is 9.84 Å². The highest BCUT2D eigenvalue weighted by atomic mass is 19.1. The molecule has 110 valence electrons. The average molecular weight is 293 g/mol. The van der Waals surface area contributed by atoms with Crippen LogP contribution >= 0.6 is 0 Å². The Morgan fingerprint density at radius 2 is 2.24 bits per heavy atom. The minimum Gasteiger partial charge on any atom is -0.493 e. The number of carboxylic acids is 1. The first-order valence-corrected chi connectivity index (χ1v) is 6.31. The molecule has 1 aliphatic heterocycles. The van der Waals surface area contributed by atoms with Crippen molar-refractivity contribution in [3.63, 3.8) is 0 Å². The molecule has 1 saturated heterocycles. The largest absolute Gasteiger partial charge is 0.493 e. The molecule has 0 saturated carbocycles. The molecule has 0 radical (unpaired) electrons. The lowest BCUT2D eigenvalue weighted by Crippen LogP contribution is -2.38. The topological polar surface area (TPSA) is 95.5 Å². The summed E-state index contributed by atoms with van der Waals surface area (Å²) in [5, 5.41) is 8.77. The molecule has 3 heterocycles. The van der Waals surface area contributed by atoms with Crippen LogP contribution in [-0.4, -0.2) is 41.2 Å². The van der Waals surface area contributed by atoms with Crippen LogP contribution in [-0.2, 0) is 0 Å². The van der Waals surface area contributed by atoms with Gasteiger partial charge in [0.2, 0.25) is 11.2 Å². The number of fused-ring (bicyclic) bond motifs is 1. The molecule has 8 heteroatoms. The number of carbonyl (C=O) groups is 1. The van der Waals surface area contributed by atoms with Crippen molar-refractivity contribution < 1.29 is 19.0 Å². The molecule has 0 spiro atoms. The van der Waals surface area contributed by atoms with Crippen LogP contribution in [0.2, 0.25) is 0 Å². The molecule has 3 rings (SSSR count). The van der Waals surface area contributed by atoms with Crippen molar-refractivity contribution >= 4 is 22.8 Å². The van der Waals surface area contributed by atoms with E-state index < -0.39 is 22.8 Å². The first-order chi connectivity index (χ1) is 10.0. The number of aromatic nitrogens is 2. The van der Waals surface area contributed by atoms with E-state index in [9.17, 15) is 14.0 Å². The summed E-state index contributed by atoms with van der Waals surface area (Å²) in [6.07, 6.45) is 1.99. The van der Waals surface area contributed by atoms with E-state index in [1.165, 1.54) is 7.11 Å². The Hall–Kier alpha value is -2.64. The molecule has 2 aromatic heterocycles. The number of aromatic amines is 1. The molecule has 0 aromatic carbocycles. The molecule has 21 heavy (non-hydrogen) atoms. The number of rotatable bonds is 3. The molecule has 1 fully saturated rings. The van der Waals surface area contributed by atoms with Crippen molar-refractivity contribution in [1.82, 2.24) is 9.97 Å². The summed E-state index contributed by atoms with van der Waals surface area (Å²) in [5.74, 6) is -2.33. The molecule has 7 nitrogen and oxygen atoms in total. The van der Waals surface area contributed by atoms with Crippen molar-refractivity contribution in [2.24, 2.45) is 0 Å². The summed E-state index contributed by atoms with van der Waals surface area (Å²) >= 11 is 0. The van der Waals surface area contributed by atoms with E-state index in [1.54, 1.807) is 4.90 Å². The van der Waals surface area contributed by atoms with E-state index >= 15 is 0 Å². The molecule has 0 amide bonds. The number of nitrogens with zero attached hydrogens (tertiary/aromatic N) is 2. The van der Waals surface area contributed by atoms with Crippen LogP contribution in [0.15, 0.2) is 11.0 Å². The molecule has 0 atom stereocenters. The number of aromatic carboxylic acids is 1. The molecule has 0 bridgehead atoms. The smallest absolute Gasteiger partial charge is 0.341 e. The number of ether oxygens (including phenoxy) is 1. The number of hydrogen-bond donors (Lipinski definition) is 2. The fraction of sp³-hybridized carbons (Fsp3) is 0.308. The third-order valence-corrected chi connectivity index (χ3v) is 3.49. The fourth-order valence-corrected chi connectivity index (χ4v) is 2.27. The monoisotopic (exact) mass is 293 g/mol. The summed E-state index contributed by atoms with van der Waals surface area (Å²) in [7, 11) is 1.23. The van der Waals surface area contributed by atoms with Gasteiger partial charge in [0.25, 0.3) is 0 Å². The average Bonchev–Trinajstić information content (AvgIpc) is 2.38. The van der Waals surface area contributed by atoms with Crippen molar-refractivity contribution in [3.05, 3.63) is 27.8 Å². The van der Waals surface area contributed by atoms with E-state index in [2.05, 4.69) is 9.97 Å². The number of hydrogen-bond acceptors (Lipinski definition) is 5. The Kier molecular flexibility index (Phi) is 3.00. The van der Waals surface area contributed by atoms with Crippen molar-refractivity contribution in [2.45, 2.75) is 6.42 Å². The standard InChI is InChI=1S/C13H12FN3O4/c1-21-10-7-9(18)6(13(19)20)5-15-11(7)16-12(8(10)14)17-3-2-4-17/h5H,2-4H2,1H3,(H,19,20)(H,15,16,18). The van der Waals surface area contributed by atoms with Crippen LogP contribution < -0.4 is 15.1 Å².